The second-order valence-electron chi connectivity index (χ2n) is 6.07. The van der Waals surface area contributed by atoms with Gasteiger partial charge in [0.05, 0.1) is 29.1 Å². The Morgan fingerprint density at radius 2 is 1.62 bits per heavy atom. The summed E-state index contributed by atoms with van der Waals surface area (Å²) in [4.78, 5) is 6.97. The maximum Gasteiger partial charge on any atom is 0.453 e. The molecule has 0 saturated heterocycles. The number of nitrogens with one attached hydrogen (secondary N) is 1. The van der Waals surface area contributed by atoms with Crippen LogP contribution in [0.1, 0.15) is 11.3 Å². The lowest BCUT2D eigenvalue weighted by molar-refractivity contribution is -0.154. The number of nitriles is 1. The fraction of sp³-hybridized carbons (Fsp3) is 0.0500. The van der Waals surface area contributed by atoms with Crippen LogP contribution in [0.4, 0.5) is 17.6 Å². The molecule has 0 fully saturated rings. The number of halogens is 4. The molecule has 2 aromatic carbocycles. The van der Waals surface area contributed by atoms with Crippen LogP contribution < -0.4 is 0 Å². The van der Waals surface area contributed by atoms with Crippen LogP contribution in [0.5, 0.6) is 0 Å². The number of imidazole rings is 1. The highest BCUT2D eigenvalue weighted by molar-refractivity contribution is 5.81. The monoisotopic (exact) mass is 398 g/mol. The molecule has 4 rings (SSSR count). The van der Waals surface area contributed by atoms with Crippen molar-refractivity contribution in [3.8, 4) is 40.0 Å². The molecular weight excluding hydrogens is 388 g/mol. The van der Waals surface area contributed by atoms with Gasteiger partial charge in [-0.2, -0.15) is 18.4 Å². The van der Waals surface area contributed by atoms with Crippen LogP contribution in [0.3, 0.4) is 0 Å². The molecule has 2 aromatic heterocycles. The van der Waals surface area contributed by atoms with Gasteiger partial charge in [0, 0.05) is 11.1 Å². The Bertz CT molecular complexity index is 1200. The third-order valence-electron chi connectivity index (χ3n) is 4.20. The minimum absolute atomic E-state index is 0.0391. The normalized spacial score (nSPS) is 11.4. The van der Waals surface area contributed by atoms with Crippen LogP contribution in [0.25, 0.3) is 33.9 Å². The zero-order valence-electron chi connectivity index (χ0n) is 14.5. The van der Waals surface area contributed by atoms with Gasteiger partial charge in [-0.15, -0.1) is 0 Å². The summed E-state index contributed by atoms with van der Waals surface area (Å²) in [6.07, 6.45) is -3.55. The summed E-state index contributed by atoms with van der Waals surface area (Å²) in [6, 6.07) is 13.2. The number of benzene rings is 2. The Kier molecular flexibility index (Phi) is 4.39. The van der Waals surface area contributed by atoms with Gasteiger partial charge in [-0.3, -0.25) is 0 Å². The van der Waals surface area contributed by atoms with E-state index in [4.69, 9.17) is 5.26 Å². The van der Waals surface area contributed by atoms with E-state index >= 15 is 0 Å². The number of hydrogen-bond donors (Lipinski definition) is 1. The number of aromatic amines is 1. The van der Waals surface area contributed by atoms with Crippen LogP contribution in [0.2, 0.25) is 0 Å². The number of alkyl halides is 3. The molecule has 0 bridgehead atoms. The number of H-pyrrole nitrogens is 1. The molecule has 0 radical (unpaired) electrons. The van der Waals surface area contributed by atoms with Crippen molar-refractivity contribution in [1.29, 1.82) is 5.26 Å². The lowest BCUT2D eigenvalue weighted by Crippen LogP contribution is -2.05. The molecule has 0 unspecified atom stereocenters. The molecule has 0 aliphatic carbocycles. The van der Waals surface area contributed by atoms with Crippen molar-refractivity contribution in [2.45, 2.75) is 6.18 Å². The van der Waals surface area contributed by atoms with Gasteiger partial charge >= 0.3 is 6.18 Å². The molecule has 0 aliphatic heterocycles. The van der Waals surface area contributed by atoms with E-state index in [1.165, 1.54) is 18.3 Å². The second kappa shape index (κ2) is 6.91. The van der Waals surface area contributed by atoms with Crippen molar-refractivity contribution in [3.05, 3.63) is 71.9 Å². The largest absolute Gasteiger partial charge is 0.453 e. The van der Waals surface area contributed by atoms with Crippen LogP contribution in [-0.2, 0) is 6.18 Å². The predicted octanol–water partition coefficient (Wildman–Crippen LogP) is 5.43. The summed E-state index contributed by atoms with van der Waals surface area (Å²) >= 11 is 0. The molecule has 0 amide bonds. The predicted molar refractivity (Wildman–Crippen MR) is 94.6 cm³/mol. The first-order chi connectivity index (χ1) is 13.9. The zero-order chi connectivity index (χ0) is 20.6. The Morgan fingerprint density at radius 3 is 2.24 bits per heavy atom. The number of rotatable bonds is 3. The van der Waals surface area contributed by atoms with E-state index in [0.29, 0.717) is 17.0 Å². The van der Waals surface area contributed by atoms with Crippen molar-refractivity contribution < 1.29 is 22.1 Å². The van der Waals surface area contributed by atoms with Gasteiger partial charge in [0.25, 0.3) is 0 Å². The van der Waals surface area contributed by atoms with Crippen LogP contribution >= 0.6 is 0 Å². The van der Waals surface area contributed by atoms with E-state index in [1.54, 1.807) is 24.3 Å². The summed E-state index contributed by atoms with van der Waals surface area (Å²) < 4.78 is 58.2. The lowest BCUT2D eigenvalue weighted by Gasteiger charge is -2.05. The third-order valence-corrected chi connectivity index (χ3v) is 4.20. The first-order valence-electron chi connectivity index (χ1n) is 8.25. The molecule has 0 aliphatic rings. The SMILES string of the molecule is N#Cc1ccc(-c2ncc(-c3c(-c4ccc(F)cc4)noc3C(F)(F)F)[nH]2)cc1. The quantitative estimate of drug-likeness (QED) is 0.467. The summed E-state index contributed by atoms with van der Waals surface area (Å²) in [5, 5.41) is 12.4. The molecule has 9 heteroatoms. The number of nitrogens with zero attached hydrogens (tertiary/aromatic N) is 3. The molecule has 0 spiro atoms. The Balaban J connectivity index is 1.83. The van der Waals surface area contributed by atoms with Crippen LogP contribution in [0.15, 0.2) is 59.3 Å². The summed E-state index contributed by atoms with van der Waals surface area (Å²) in [7, 11) is 0. The topological polar surface area (TPSA) is 78.5 Å². The standard InChI is InChI=1S/C20H10F4N4O/c21-14-7-5-12(6-8-14)17-16(18(29-28-17)20(22,23)24)15-10-26-19(27-15)13-3-1-11(9-25)2-4-13/h1-8,10H,(H,26,27). The average Bonchev–Trinajstić information content (AvgIpc) is 3.35. The Morgan fingerprint density at radius 1 is 0.966 bits per heavy atom. The molecule has 2 heterocycles. The molecule has 4 aromatic rings. The first-order valence-corrected chi connectivity index (χ1v) is 8.25. The molecular formula is C20H10F4N4O. The van der Waals surface area contributed by atoms with Crippen molar-refractivity contribution in [2.24, 2.45) is 0 Å². The van der Waals surface area contributed by atoms with Gasteiger partial charge in [-0.1, -0.05) is 5.16 Å². The fourth-order valence-electron chi connectivity index (χ4n) is 2.84. The van der Waals surface area contributed by atoms with Gasteiger partial charge in [-0.05, 0) is 48.5 Å². The van der Waals surface area contributed by atoms with Crippen molar-refractivity contribution in [1.82, 2.24) is 15.1 Å². The van der Waals surface area contributed by atoms with Gasteiger partial charge in [0.15, 0.2) is 0 Å². The molecule has 1 N–H and O–H groups in total. The number of hydrogen-bond acceptors (Lipinski definition) is 4. The first kappa shape index (κ1) is 18.4. The van der Waals surface area contributed by atoms with E-state index in [9.17, 15) is 17.6 Å². The Hall–Kier alpha value is -3.93. The highest BCUT2D eigenvalue weighted by Crippen LogP contribution is 2.42. The van der Waals surface area contributed by atoms with Crippen molar-refractivity contribution in [2.75, 3.05) is 0 Å². The van der Waals surface area contributed by atoms with Gasteiger partial charge < -0.3 is 9.51 Å². The second-order valence-corrected chi connectivity index (χ2v) is 6.07. The van der Waals surface area contributed by atoms with Crippen LogP contribution in [-0.4, -0.2) is 15.1 Å². The number of aromatic nitrogens is 3. The summed E-state index contributed by atoms with van der Waals surface area (Å²) in [6.45, 7) is 0. The fourth-order valence-corrected chi connectivity index (χ4v) is 2.84. The van der Waals surface area contributed by atoms with Crippen molar-refractivity contribution >= 4 is 0 Å². The minimum atomic E-state index is -4.79. The molecule has 0 saturated carbocycles. The highest BCUT2D eigenvalue weighted by Gasteiger charge is 2.41. The van der Waals surface area contributed by atoms with Gasteiger partial charge in [0.1, 0.15) is 17.3 Å². The van der Waals surface area contributed by atoms with Crippen LogP contribution in [0, 0.1) is 17.1 Å². The lowest BCUT2D eigenvalue weighted by atomic mass is 10.0. The van der Waals surface area contributed by atoms with Gasteiger partial charge in [0.2, 0.25) is 5.76 Å². The van der Waals surface area contributed by atoms with E-state index in [-0.39, 0.29) is 22.5 Å². The highest BCUT2D eigenvalue weighted by atomic mass is 19.4. The van der Waals surface area contributed by atoms with E-state index in [2.05, 4.69) is 19.6 Å². The Labute approximate surface area is 161 Å². The molecule has 144 valence electrons. The average molecular weight is 398 g/mol. The molecule has 5 nitrogen and oxygen atoms in total. The third kappa shape index (κ3) is 3.48. The van der Waals surface area contributed by atoms with E-state index in [1.807, 2.05) is 6.07 Å². The van der Waals surface area contributed by atoms with E-state index in [0.717, 1.165) is 12.1 Å². The van der Waals surface area contributed by atoms with Crippen molar-refractivity contribution in [3.63, 3.8) is 0 Å². The smallest absolute Gasteiger partial charge is 0.350 e. The maximum atomic E-state index is 13.5. The summed E-state index contributed by atoms with van der Waals surface area (Å²) in [5.41, 5.74) is 0.914. The maximum absolute atomic E-state index is 13.5. The molecule has 0 atom stereocenters. The zero-order valence-corrected chi connectivity index (χ0v) is 14.5. The van der Waals surface area contributed by atoms with Gasteiger partial charge in [-0.25, -0.2) is 9.37 Å². The summed E-state index contributed by atoms with van der Waals surface area (Å²) in [5.74, 6) is -1.50. The molecule has 29 heavy (non-hydrogen) atoms. The van der Waals surface area contributed by atoms with E-state index < -0.39 is 17.8 Å². The minimum Gasteiger partial charge on any atom is -0.350 e.